The lowest BCUT2D eigenvalue weighted by atomic mass is 10.0. The second kappa shape index (κ2) is 16.2. The number of halogens is 4. The van der Waals surface area contributed by atoms with Gasteiger partial charge in [0.15, 0.2) is 0 Å². The van der Waals surface area contributed by atoms with Crippen molar-refractivity contribution in [2.24, 2.45) is 0 Å². The van der Waals surface area contributed by atoms with Gasteiger partial charge < -0.3 is 10.2 Å². The summed E-state index contributed by atoms with van der Waals surface area (Å²) in [6.07, 6.45) is 0.840. The monoisotopic (exact) mass is 733 g/mol. The van der Waals surface area contributed by atoms with Crippen LogP contribution in [0, 0.1) is 6.92 Å². The highest BCUT2D eigenvalue weighted by molar-refractivity contribution is 7.92. The molecule has 4 aromatic rings. The van der Waals surface area contributed by atoms with Gasteiger partial charge in [-0.05, 0) is 73.9 Å². The molecule has 7 nitrogen and oxygen atoms in total. The molecule has 2 amide bonds. The van der Waals surface area contributed by atoms with Crippen molar-refractivity contribution in [3.8, 4) is 0 Å². The van der Waals surface area contributed by atoms with E-state index in [0.29, 0.717) is 17.0 Å². The Hall–Kier alpha value is -3.27. The second-order valence-electron chi connectivity index (χ2n) is 11.2. The molecular weight excluding hydrogens is 700 g/mol. The molecule has 0 aliphatic carbocycles. The van der Waals surface area contributed by atoms with Crippen LogP contribution >= 0.6 is 46.4 Å². The highest BCUT2D eigenvalue weighted by atomic mass is 35.5. The number of anilines is 1. The van der Waals surface area contributed by atoms with Crippen molar-refractivity contribution < 1.29 is 18.0 Å². The van der Waals surface area contributed by atoms with Crippen LogP contribution in [0.2, 0.25) is 20.1 Å². The molecule has 4 rings (SSSR count). The number of hydrogen-bond acceptors (Lipinski definition) is 4. The summed E-state index contributed by atoms with van der Waals surface area (Å²) in [6.45, 7) is 4.94. The average molecular weight is 736 g/mol. The molecule has 1 N–H and O–H groups in total. The topological polar surface area (TPSA) is 86.8 Å². The third-order valence-corrected chi connectivity index (χ3v) is 10.6. The number of sulfonamides is 1. The highest BCUT2D eigenvalue weighted by Gasteiger charge is 2.35. The molecule has 47 heavy (non-hydrogen) atoms. The second-order valence-corrected chi connectivity index (χ2v) is 14.8. The summed E-state index contributed by atoms with van der Waals surface area (Å²) in [5.41, 5.74) is 2.37. The van der Waals surface area contributed by atoms with Crippen molar-refractivity contribution in [1.29, 1.82) is 0 Å². The van der Waals surface area contributed by atoms with Crippen LogP contribution < -0.4 is 9.62 Å². The number of carbonyl (C=O) groups is 2. The molecule has 0 heterocycles. The van der Waals surface area contributed by atoms with Gasteiger partial charge in [0, 0.05) is 29.1 Å². The van der Waals surface area contributed by atoms with E-state index in [1.807, 2.05) is 51.1 Å². The van der Waals surface area contributed by atoms with Gasteiger partial charge >= 0.3 is 0 Å². The lowest BCUT2D eigenvalue weighted by Crippen LogP contribution is -2.54. The number of aryl methyl sites for hydroxylation is 1. The predicted molar refractivity (Wildman–Crippen MR) is 191 cm³/mol. The first-order chi connectivity index (χ1) is 22.3. The Labute approximate surface area is 296 Å². The van der Waals surface area contributed by atoms with Gasteiger partial charge in [-0.2, -0.15) is 0 Å². The largest absolute Gasteiger partial charge is 0.352 e. The molecule has 0 spiro atoms. The number of hydrogen-bond donors (Lipinski definition) is 1. The fraction of sp³-hybridized carbons (Fsp3) is 0.257. The number of carbonyl (C=O) groups excluding carboxylic acids is 2. The summed E-state index contributed by atoms with van der Waals surface area (Å²) in [7, 11) is -4.32. The normalized spacial score (nSPS) is 12.7. The van der Waals surface area contributed by atoms with Crippen LogP contribution in [-0.2, 0) is 32.6 Å². The quantitative estimate of drug-likeness (QED) is 0.150. The van der Waals surface area contributed by atoms with Crippen LogP contribution in [0.15, 0.2) is 95.9 Å². The van der Waals surface area contributed by atoms with E-state index in [-0.39, 0.29) is 50.6 Å². The maximum absolute atomic E-state index is 14.6. The maximum atomic E-state index is 14.6. The predicted octanol–water partition coefficient (Wildman–Crippen LogP) is 8.36. The van der Waals surface area contributed by atoms with Gasteiger partial charge in [-0.1, -0.05) is 107 Å². The van der Waals surface area contributed by atoms with Crippen molar-refractivity contribution >= 4 is 73.9 Å². The van der Waals surface area contributed by atoms with Gasteiger partial charge in [-0.3, -0.25) is 13.9 Å². The number of amides is 2. The minimum atomic E-state index is -4.32. The number of nitrogens with one attached hydrogen (secondary N) is 1. The molecule has 12 heteroatoms. The summed E-state index contributed by atoms with van der Waals surface area (Å²) in [5.74, 6) is -1.02. The van der Waals surface area contributed by atoms with E-state index in [1.165, 1.54) is 35.2 Å². The van der Waals surface area contributed by atoms with Crippen LogP contribution in [0.25, 0.3) is 0 Å². The van der Waals surface area contributed by atoms with E-state index in [1.54, 1.807) is 30.3 Å². The lowest BCUT2D eigenvalue weighted by molar-refractivity contribution is -0.140. The molecule has 4 aromatic carbocycles. The number of benzene rings is 4. The van der Waals surface area contributed by atoms with Crippen LogP contribution in [0.1, 0.15) is 37.0 Å². The van der Waals surface area contributed by atoms with E-state index >= 15 is 0 Å². The Morgan fingerprint density at radius 3 is 2.04 bits per heavy atom. The van der Waals surface area contributed by atoms with Crippen LogP contribution in [0.3, 0.4) is 0 Å². The SMILES string of the molecule is CC[C@H](C)NC(=O)[C@H](Cc1ccccc1)N(Cc1ccc(Cl)c(Cl)c1)C(=O)CN(c1cc(Cl)cc(Cl)c1)S(=O)(=O)c1ccc(C)cc1. The molecule has 0 aromatic heterocycles. The molecule has 0 radical (unpaired) electrons. The molecule has 0 saturated heterocycles. The van der Waals surface area contributed by atoms with Crippen molar-refractivity contribution in [3.63, 3.8) is 0 Å². The molecule has 248 valence electrons. The zero-order valence-corrected chi connectivity index (χ0v) is 29.9. The third kappa shape index (κ3) is 9.64. The zero-order chi connectivity index (χ0) is 34.3. The van der Waals surface area contributed by atoms with Gasteiger partial charge in [-0.25, -0.2) is 8.42 Å². The third-order valence-electron chi connectivity index (χ3n) is 7.63. The number of rotatable bonds is 13. The van der Waals surface area contributed by atoms with Crippen LogP contribution in [0.4, 0.5) is 5.69 Å². The van der Waals surface area contributed by atoms with E-state index in [0.717, 1.165) is 15.4 Å². The van der Waals surface area contributed by atoms with Gasteiger partial charge in [0.05, 0.1) is 20.6 Å². The maximum Gasteiger partial charge on any atom is 0.264 e. The molecule has 0 aliphatic rings. The fourth-order valence-corrected chi connectivity index (χ4v) is 7.11. The van der Waals surface area contributed by atoms with Crippen molar-refractivity contribution in [3.05, 3.63) is 128 Å². The van der Waals surface area contributed by atoms with Gasteiger partial charge in [-0.15, -0.1) is 0 Å². The molecule has 0 saturated carbocycles. The summed E-state index contributed by atoms with van der Waals surface area (Å²) in [5, 5.41) is 3.99. The summed E-state index contributed by atoms with van der Waals surface area (Å²) in [6, 6.07) is 23.6. The fourth-order valence-electron chi connectivity index (χ4n) is 4.88. The van der Waals surface area contributed by atoms with Crippen molar-refractivity contribution in [1.82, 2.24) is 10.2 Å². The van der Waals surface area contributed by atoms with Crippen molar-refractivity contribution in [2.45, 2.75) is 57.1 Å². The Kier molecular flexibility index (Phi) is 12.6. The van der Waals surface area contributed by atoms with Gasteiger partial charge in [0.2, 0.25) is 11.8 Å². The molecular formula is C35H35Cl4N3O4S. The Balaban J connectivity index is 1.85. The van der Waals surface area contributed by atoms with Gasteiger partial charge in [0.25, 0.3) is 10.0 Å². The smallest absolute Gasteiger partial charge is 0.264 e. The average Bonchev–Trinajstić information content (AvgIpc) is 3.03. The minimum absolute atomic E-state index is 0.0293. The Morgan fingerprint density at radius 1 is 0.809 bits per heavy atom. The number of nitrogens with zero attached hydrogens (tertiary/aromatic N) is 2. The lowest BCUT2D eigenvalue weighted by Gasteiger charge is -2.34. The first kappa shape index (κ1) is 36.6. The van der Waals surface area contributed by atoms with E-state index in [9.17, 15) is 18.0 Å². The van der Waals surface area contributed by atoms with E-state index < -0.39 is 28.5 Å². The van der Waals surface area contributed by atoms with E-state index in [2.05, 4.69) is 5.32 Å². The highest BCUT2D eigenvalue weighted by Crippen LogP contribution is 2.31. The minimum Gasteiger partial charge on any atom is -0.352 e. The van der Waals surface area contributed by atoms with E-state index in [4.69, 9.17) is 46.4 Å². The van der Waals surface area contributed by atoms with Crippen molar-refractivity contribution in [2.75, 3.05) is 10.8 Å². The molecule has 0 bridgehead atoms. The first-order valence-electron chi connectivity index (χ1n) is 14.9. The molecule has 2 atom stereocenters. The van der Waals surface area contributed by atoms with Crippen LogP contribution in [0.5, 0.6) is 0 Å². The Morgan fingerprint density at radius 2 is 1.45 bits per heavy atom. The van der Waals surface area contributed by atoms with Crippen LogP contribution in [-0.4, -0.2) is 43.8 Å². The Bertz CT molecular complexity index is 1800. The molecule has 0 unspecified atom stereocenters. The summed E-state index contributed by atoms with van der Waals surface area (Å²) >= 11 is 25.1. The first-order valence-corrected chi connectivity index (χ1v) is 17.9. The standard InChI is InChI=1S/C35H35Cl4N3O4S/c1-4-24(3)40-35(44)33(17-25-8-6-5-7-9-25)41(21-26-12-15-31(38)32(39)16-26)34(43)22-42(29-19-27(36)18-28(37)20-29)47(45,46)30-13-10-23(2)11-14-30/h5-16,18-20,24,33H,4,17,21-22H2,1-3H3,(H,40,44)/t24-,33-/m0/s1. The molecule has 0 aliphatic heterocycles. The summed E-state index contributed by atoms with van der Waals surface area (Å²) in [4.78, 5) is 29.9. The van der Waals surface area contributed by atoms with Gasteiger partial charge in [0.1, 0.15) is 12.6 Å². The summed E-state index contributed by atoms with van der Waals surface area (Å²) < 4.78 is 29.4. The molecule has 0 fully saturated rings. The zero-order valence-electron chi connectivity index (χ0n) is 26.1.